The number of piperidine rings is 1. The number of rotatable bonds is 1. The normalized spacial score (nSPS) is 27.1. The van der Waals surface area contributed by atoms with Crippen LogP contribution in [0.2, 0.25) is 0 Å². The van der Waals surface area contributed by atoms with E-state index < -0.39 is 0 Å². The zero-order valence-corrected chi connectivity index (χ0v) is 9.69. The Labute approximate surface area is 101 Å². The number of nitriles is 1. The largest absolute Gasteiger partial charge is 0.313 e. The van der Waals surface area contributed by atoms with E-state index >= 15 is 0 Å². The molecule has 0 radical (unpaired) electrons. The van der Waals surface area contributed by atoms with Crippen LogP contribution in [0.25, 0.3) is 5.57 Å². The van der Waals surface area contributed by atoms with Crippen molar-refractivity contribution in [3.05, 3.63) is 35.7 Å². The Morgan fingerprint density at radius 3 is 3.18 bits per heavy atom. The average molecular weight is 225 g/mol. The summed E-state index contributed by atoms with van der Waals surface area (Å²) in [6.07, 6.45) is 9.47. The zero-order valence-electron chi connectivity index (χ0n) is 9.69. The van der Waals surface area contributed by atoms with Crippen LogP contribution < -0.4 is 5.32 Å². The molecule has 17 heavy (non-hydrogen) atoms. The Balaban J connectivity index is 1.87. The lowest BCUT2D eigenvalue weighted by atomic mass is 9.94. The molecule has 0 amide bonds. The Kier molecular flexibility index (Phi) is 2.66. The first-order chi connectivity index (χ1) is 8.36. The minimum atomic E-state index is 0.601. The van der Waals surface area contributed by atoms with Crippen molar-refractivity contribution in [2.45, 2.75) is 25.3 Å². The minimum Gasteiger partial charge on any atom is -0.313 e. The highest BCUT2D eigenvalue weighted by Gasteiger charge is 2.29. The summed E-state index contributed by atoms with van der Waals surface area (Å²) in [5.74, 6) is 0.671. The minimum absolute atomic E-state index is 0.601. The molecule has 1 aliphatic heterocycles. The van der Waals surface area contributed by atoms with Gasteiger partial charge in [0.2, 0.25) is 0 Å². The number of nitrogens with zero attached hydrogens (tertiary/aromatic N) is 2. The molecule has 0 unspecified atom stereocenters. The molecule has 1 N–H and O–H groups in total. The van der Waals surface area contributed by atoms with Gasteiger partial charge in [-0.15, -0.1) is 0 Å². The predicted octanol–water partition coefficient (Wildman–Crippen LogP) is 2.11. The molecule has 0 bridgehead atoms. The van der Waals surface area contributed by atoms with Crippen LogP contribution in [-0.4, -0.2) is 17.6 Å². The molecule has 1 aromatic heterocycles. The molecule has 2 atom stereocenters. The summed E-state index contributed by atoms with van der Waals surface area (Å²) >= 11 is 0. The molecule has 3 nitrogen and oxygen atoms in total. The number of nitrogens with one attached hydrogen (secondary N) is 1. The van der Waals surface area contributed by atoms with E-state index in [2.05, 4.69) is 22.4 Å². The van der Waals surface area contributed by atoms with Crippen LogP contribution in [0.1, 0.15) is 30.4 Å². The van der Waals surface area contributed by atoms with Crippen LogP contribution in [-0.2, 0) is 0 Å². The second-order valence-electron chi connectivity index (χ2n) is 4.84. The third-order valence-corrected chi connectivity index (χ3v) is 3.73. The molecule has 1 fully saturated rings. The van der Waals surface area contributed by atoms with Gasteiger partial charge in [-0.2, -0.15) is 5.26 Å². The lowest BCUT2D eigenvalue weighted by molar-refractivity contribution is 0.348. The van der Waals surface area contributed by atoms with E-state index in [1.807, 2.05) is 12.3 Å². The van der Waals surface area contributed by atoms with Crippen molar-refractivity contribution in [3.63, 3.8) is 0 Å². The van der Waals surface area contributed by atoms with Gasteiger partial charge < -0.3 is 5.32 Å². The van der Waals surface area contributed by atoms with E-state index in [9.17, 15) is 0 Å². The van der Waals surface area contributed by atoms with Gasteiger partial charge in [0.1, 0.15) is 6.07 Å². The van der Waals surface area contributed by atoms with Crippen molar-refractivity contribution in [3.8, 4) is 6.07 Å². The fourth-order valence-electron chi connectivity index (χ4n) is 2.85. The van der Waals surface area contributed by atoms with Crippen LogP contribution in [0.3, 0.4) is 0 Å². The van der Waals surface area contributed by atoms with Crippen LogP contribution >= 0.6 is 0 Å². The predicted molar refractivity (Wildman–Crippen MR) is 66.1 cm³/mol. The maximum atomic E-state index is 8.89. The van der Waals surface area contributed by atoms with E-state index in [0.717, 1.165) is 18.5 Å². The molecule has 0 saturated carbocycles. The van der Waals surface area contributed by atoms with Crippen molar-refractivity contribution in [1.29, 1.82) is 5.26 Å². The third-order valence-electron chi connectivity index (χ3n) is 3.73. The quantitative estimate of drug-likeness (QED) is 0.796. The number of hydrogen-bond donors (Lipinski definition) is 1. The standard InChI is InChI=1S/C14H15N3/c15-7-10-4-13(9-16-8-10)12-5-11-2-1-3-17-14(11)6-12/h4-5,8-9,11,14,17H,1-3,6H2/t11-,14+/m0/s1. The molecular weight excluding hydrogens is 210 g/mol. The highest BCUT2D eigenvalue weighted by Crippen LogP contribution is 2.35. The fraction of sp³-hybridized carbons (Fsp3) is 0.429. The first-order valence-electron chi connectivity index (χ1n) is 6.16. The van der Waals surface area contributed by atoms with Crippen LogP contribution in [0.15, 0.2) is 24.5 Å². The van der Waals surface area contributed by atoms with E-state index in [-0.39, 0.29) is 0 Å². The van der Waals surface area contributed by atoms with Crippen LogP contribution in [0, 0.1) is 17.2 Å². The highest BCUT2D eigenvalue weighted by atomic mass is 14.9. The molecule has 1 saturated heterocycles. The van der Waals surface area contributed by atoms with Gasteiger partial charge in [-0.25, -0.2) is 0 Å². The summed E-state index contributed by atoms with van der Waals surface area (Å²) in [7, 11) is 0. The number of pyridine rings is 1. The smallest absolute Gasteiger partial charge is 0.101 e. The summed E-state index contributed by atoms with van der Waals surface area (Å²) in [4.78, 5) is 4.13. The van der Waals surface area contributed by atoms with Gasteiger partial charge in [-0.1, -0.05) is 6.08 Å². The molecule has 0 aromatic carbocycles. The number of fused-ring (bicyclic) bond motifs is 1. The third kappa shape index (κ3) is 1.96. The average Bonchev–Trinajstić information content (AvgIpc) is 2.82. The molecular formula is C14H15N3. The van der Waals surface area contributed by atoms with Crippen LogP contribution in [0.4, 0.5) is 0 Å². The van der Waals surface area contributed by atoms with Crippen molar-refractivity contribution in [2.75, 3.05) is 6.54 Å². The monoisotopic (exact) mass is 225 g/mol. The molecule has 2 aliphatic rings. The van der Waals surface area contributed by atoms with Crippen LogP contribution in [0.5, 0.6) is 0 Å². The molecule has 3 rings (SSSR count). The van der Waals surface area contributed by atoms with E-state index in [1.54, 1.807) is 6.20 Å². The molecule has 3 heteroatoms. The van der Waals surface area contributed by atoms with E-state index in [1.165, 1.54) is 18.4 Å². The summed E-state index contributed by atoms with van der Waals surface area (Å²) in [5, 5.41) is 12.5. The van der Waals surface area contributed by atoms with Gasteiger partial charge in [-0.05, 0) is 48.9 Å². The maximum absolute atomic E-state index is 8.89. The van der Waals surface area contributed by atoms with Crippen molar-refractivity contribution in [2.24, 2.45) is 5.92 Å². The lowest BCUT2D eigenvalue weighted by Crippen LogP contribution is -2.37. The van der Waals surface area contributed by atoms with E-state index in [0.29, 0.717) is 17.5 Å². The Morgan fingerprint density at radius 2 is 2.35 bits per heavy atom. The van der Waals surface area contributed by atoms with Crippen molar-refractivity contribution < 1.29 is 0 Å². The Hall–Kier alpha value is -1.66. The number of hydrogen-bond acceptors (Lipinski definition) is 3. The second-order valence-corrected chi connectivity index (χ2v) is 4.84. The van der Waals surface area contributed by atoms with Gasteiger partial charge in [0.25, 0.3) is 0 Å². The van der Waals surface area contributed by atoms with Gasteiger partial charge in [-0.3, -0.25) is 4.98 Å². The highest BCUT2D eigenvalue weighted by molar-refractivity contribution is 5.69. The zero-order chi connectivity index (χ0) is 11.7. The number of aromatic nitrogens is 1. The lowest BCUT2D eigenvalue weighted by Gasteiger charge is -2.25. The fourth-order valence-corrected chi connectivity index (χ4v) is 2.85. The van der Waals surface area contributed by atoms with Gasteiger partial charge >= 0.3 is 0 Å². The summed E-state index contributed by atoms with van der Waals surface area (Å²) in [6, 6.07) is 4.69. The first kappa shape index (κ1) is 10.5. The topological polar surface area (TPSA) is 48.7 Å². The first-order valence-corrected chi connectivity index (χ1v) is 6.16. The Morgan fingerprint density at radius 1 is 1.41 bits per heavy atom. The van der Waals surface area contributed by atoms with E-state index in [4.69, 9.17) is 5.26 Å². The summed E-state index contributed by atoms with van der Waals surface area (Å²) in [6.45, 7) is 1.14. The van der Waals surface area contributed by atoms with Crippen molar-refractivity contribution in [1.82, 2.24) is 10.3 Å². The summed E-state index contributed by atoms with van der Waals surface area (Å²) < 4.78 is 0. The summed E-state index contributed by atoms with van der Waals surface area (Å²) in [5.41, 5.74) is 3.10. The Bertz CT molecular complexity index is 498. The molecule has 1 aromatic rings. The second kappa shape index (κ2) is 4.31. The molecule has 2 heterocycles. The van der Waals surface area contributed by atoms with Gasteiger partial charge in [0.15, 0.2) is 0 Å². The molecule has 1 aliphatic carbocycles. The van der Waals surface area contributed by atoms with Gasteiger partial charge in [0.05, 0.1) is 5.56 Å². The molecule has 86 valence electrons. The SMILES string of the molecule is N#Cc1cncc(C2=C[C@@H]3CCCN[C@@H]3C2)c1. The van der Waals surface area contributed by atoms with Gasteiger partial charge in [0, 0.05) is 18.4 Å². The molecule has 0 spiro atoms. The maximum Gasteiger partial charge on any atom is 0.101 e. The van der Waals surface area contributed by atoms with Crippen molar-refractivity contribution >= 4 is 5.57 Å².